The Hall–Kier alpha value is -1.04. The van der Waals surface area contributed by atoms with E-state index in [2.05, 4.69) is 65.0 Å². The Morgan fingerprint density at radius 1 is 1.27 bits per heavy atom. The van der Waals surface area contributed by atoms with Crippen LogP contribution in [0.5, 0.6) is 0 Å². The molecule has 0 saturated heterocycles. The molecule has 0 atom stereocenters. The summed E-state index contributed by atoms with van der Waals surface area (Å²) in [6, 6.07) is 8.92. The number of hydrogen-bond donors (Lipinski definition) is 0. The van der Waals surface area contributed by atoms with Gasteiger partial charge in [0.05, 0.1) is 0 Å². The molecule has 0 aromatic heterocycles. The molecule has 0 amide bonds. The van der Waals surface area contributed by atoms with Gasteiger partial charge in [-0.25, -0.2) is 0 Å². The maximum atomic E-state index is 2.33. The van der Waals surface area contributed by atoms with Crippen molar-refractivity contribution < 1.29 is 0 Å². The summed E-state index contributed by atoms with van der Waals surface area (Å²) in [6.45, 7) is 11.1. The van der Waals surface area contributed by atoms with E-state index in [1.165, 1.54) is 16.7 Å². The molecule has 1 aromatic carbocycles. The van der Waals surface area contributed by atoms with Gasteiger partial charge in [-0.2, -0.15) is 0 Å². The lowest BCUT2D eigenvalue weighted by atomic mass is 9.85. The molecule has 0 nitrogen and oxygen atoms in total. The zero-order valence-electron chi connectivity index (χ0n) is 10.6. The van der Waals surface area contributed by atoms with E-state index in [1.807, 2.05) is 0 Å². The highest BCUT2D eigenvalue weighted by Crippen LogP contribution is 2.23. The molecule has 0 saturated carbocycles. The van der Waals surface area contributed by atoms with Crippen molar-refractivity contribution in [3.05, 3.63) is 47.0 Å². The van der Waals surface area contributed by atoms with Crippen LogP contribution in [0.2, 0.25) is 0 Å². The van der Waals surface area contributed by atoms with E-state index >= 15 is 0 Å². The summed E-state index contributed by atoms with van der Waals surface area (Å²) < 4.78 is 0. The molecule has 0 aliphatic rings. The smallest absolute Gasteiger partial charge is 0.00699 e. The number of rotatable bonds is 2. The molecular formula is C15H22. The summed E-state index contributed by atoms with van der Waals surface area (Å²) in [5, 5.41) is 0. The Balaban J connectivity index is 2.93. The van der Waals surface area contributed by atoms with Crippen molar-refractivity contribution in [3.63, 3.8) is 0 Å². The number of hydrogen-bond acceptors (Lipinski definition) is 0. The summed E-state index contributed by atoms with van der Waals surface area (Å²) in [7, 11) is 0. The van der Waals surface area contributed by atoms with Crippen LogP contribution in [0.3, 0.4) is 0 Å². The topological polar surface area (TPSA) is 0 Å². The lowest BCUT2D eigenvalue weighted by Gasteiger charge is -2.19. The van der Waals surface area contributed by atoms with E-state index in [0.29, 0.717) is 0 Å². The minimum Gasteiger partial charge on any atom is -0.0884 e. The first kappa shape index (κ1) is 12.0. The van der Waals surface area contributed by atoms with Gasteiger partial charge in [0.1, 0.15) is 0 Å². The van der Waals surface area contributed by atoms with Crippen molar-refractivity contribution in [2.24, 2.45) is 0 Å². The molecule has 0 bridgehead atoms. The van der Waals surface area contributed by atoms with Crippen LogP contribution >= 0.6 is 0 Å². The lowest BCUT2D eigenvalue weighted by molar-refractivity contribution is 0.589. The Morgan fingerprint density at radius 3 is 2.47 bits per heavy atom. The van der Waals surface area contributed by atoms with Gasteiger partial charge in [0.25, 0.3) is 0 Å². The predicted octanol–water partition coefficient (Wildman–Crippen LogP) is 4.49. The molecule has 0 heterocycles. The molecule has 0 aliphatic heterocycles. The molecule has 0 N–H and O–H groups in total. The van der Waals surface area contributed by atoms with Crippen LogP contribution in [-0.4, -0.2) is 0 Å². The van der Waals surface area contributed by atoms with E-state index in [1.54, 1.807) is 0 Å². The highest BCUT2D eigenvalue weighted by molar-refractivity contribution is 5.30. The van der Waals surface area contributed by atoms with Crippen LogP contribution in [0.15, 0.2) is 35.9 Å². The average molecular weight is 202 g/mol. The third kappa shape index (κ3) is 3.54. The minimum atomic E-state index is 0.250. The molecule has 0 spiro atoms. The standard InChI is InChI=1S/C15H22/c1-6-12(2)10-13-8-7-9-14(11-13)15(3,4)5/h6-9,11H,10H2,1-5H3. The Bertz CT molecular complexity index is 351. The Kier molecular flexibility index (Phi) is 3.73. The fourth-order valence-electron chi connectivity index (χ4n) is 1.57. The van der Waals surface area contributed by atoms with Crippen molar-refractivity contribution in [2.45, 2.75) is 46.5 Å². The number of allylic oxidation sites excluding steroid dienone is 2. The maximum absolute atomic E-state index is 2.33. The molecule has 82 valence electrons. The van der Waals surface area contributed by atoms with E-state index < -0.39 is 0 Å². The zero-order valence-corrected chi connectivity index (χ0v) is 10.6. The van der Waals surface area contributed by atoms with Crippen molar-refractivity contribution in [3.8, 4) is 0 Å². The third-order valence-electron chi connectivity index (χ3n) is 2.77. The molecule has 15 heavy (non-hydrogen) atoms. The van der Waals surface area contributed by atoms with Gasteiger partial charge >= 0.3 is 0 Å². The molecule has 0 radical (unpaired) electrons. The van der Waals surface area contributed by atoms with Gasteiger partial charge < -0.3 is 0 Å². The van der Waals surface area contributed by atoms with Gasteiger partial charge in [-0.15, -0.1) is 0 Å². The van der Waals surface area contributed by atoms with Gasteiger partial charge in [-0.3, -0.25) is 0 Å². The van der Waals surface area contributed by atoms with Crippen LogP contribution in [-0.2, 0) is 11.8 Å². The molecule has 1 aromatic rings. The van der Waals surface area contributed by atoms with Crippen LogP contribution in [0.1, 0.15) is 45.7 Å². The van der Waals surface area contributed by atoms with Gasteiger partial charge in [-0.05, 0) is 36.8 Å². The average Bonchev–Trinajstić information content (AvgIpc) is 2.17. The van der Waals surface area contributed by atoms with Crippen LogP contribution in [0.25, 0.3) is 0 Å². The summed E-state index contributed by atoms with van der Waals surface area (Å²) in [4.78, 5) is 0. The van der Waals surface area contributed by atoms with E-state index in [-0.39, 0.29) is 5.41 Å². The summed E-state index contributed by atoms with van der Waals surface area (Å²) in [6.07, 6.45) is 3.25. The van der Waals surface area contributed by atoms with E-state index in [9.17, 15) is 0 Å². The molecule has 0 aliphatic carbocycles. The Morgan fingerprint density at radius 2 is 1.93 bits per heavy atom. The maximum Gasteiger partial charge on any atom is -0.00699 e. The SMILES string of the molecule is CC=C(C)Cc1cccc(C(C)(C)C)c1. The molecule has 0 heteroatoms. The van der Waals surface area contributed by atoms with Crippen molar-refractivity contribution in [1.82, 2.24) is 0 Å². The number of benzene rings is 1. The van der Waals surface area contributed by atoms with E-state index in [4.69, 9.17) is 0 Å². The third-order valence-corrected chi connectivity index (χ3v) is 2.77. The van der Waals surface area contributed by atoms with Gasteiger partial charge in [0, 0.05) is 0 Å². The molecule has 0 unspecified atom stereocenters. The summed E-state index contributed by atoms with van der Waals surface area (Å²) in [5.74, 6) is 0. The second kappa shape index (κ2) is 4.65. The first-order chi connectivity index (χ1) is 6.93. The highest BCUT2D eigenvalue weighted by atomic mass is 14.2. The van der Waals surface area contributed by atoms with Crippen LogP contribution in [0, 0.1) is 0 Å². The fourth-order valence-corrected chi connectivity index (χ4v) is 1.57. The van der Waals surface area contributed by atoms with Gasteiger partial charge in [0.2, 0.25) is 0 Å². The first-order valence-corrected chi connectivity index (χ1v) is 5.64. The molecule has 0 fully saturated rings. The minimum absolute atomic E-state index is 0.250. The largest absolute Gasteiger partial charge is 0.0884 e. The van der Waals surface area contributed by atoms with E-state index in [0.717, 1.165) is 6.42 Å². The van der Waals surface area contributed by atoms with Crippen molar-refractivity contribution in [2.75, 3.05) is 0 Å². The second-order valence-corrected chi connectivity index (χ2v) is 5.26. The van der Waals surface area contributed by atoms with Gasteiger partial charge in [-0.1, -0.05) is 56.7 Å². The Labute approximate surface area is 94.0 Å². The monoisotopic (exact) mass is 202 g/mol. The molecular weight excluding hydrogens is 180 g/mol. The van der Waals surface area contributed by atoms with Crippen molar-refractivity contribution >= 4 is 0 Å². The normalized spacial score (nSPS) is 13.0. The fraction of sp³-hybridized carbons (Fsp3) is 0.467. The lowest BCUT2D eigenvalue weighted by Crippen LogP contribution is -2.11. The van der Waals surface area contributed by atoms with Gasteiger partial charge in [0.15, 0.2) is 0 Å². The van der Waals surface area contributed by atoms with Crippen molar-refractivity contribution in [1.29, 1.82) is 0 Å². The summed E-state index contributed by atoms with van der Waals surface area (Å²) in [5.41, 5.74) is 4.52. The quantitative estimate of drug-likeness (QED) is 0.620. The van der Waals surface area contributed by atoms with Crippen LogP contribution < -0.4 is 0 Å². The molecule has 1 rings (SSSR count). The summed E-state index contributed by atoms with van der Waals surface area (Å²) >= 11 is 0. The highest BCUT2D eigenvalue weighted by Gasteiger charge is 2.13. The first-order valence-electron chi connectivity index (χ1n) is 5.64. The van der Waals surface area contributed by atoms with Crippen LogP contribution in [0.4, 0.5) is 0 Å². The zero-order chi connectivity index (χ0) is 11.5. The predicted molar refractivity (Wildman–Crippen MR) is 68.3 cm³/mol. The second-order valence-electron chi connectivity index (χ2n) is 5.26.